The van der Waals surface area contributed by atoms with Crippen molar-refractivity contribution in [1.82, 2.24) is 0 Å². The van der Waals surface area contributed by atoms with Gasteiger partial charge in [-0.05, 0) is 12.1 Å². The van der Waals surface area contributed by atoms with E-state index in [1.807, 2.05) is 6.07 Å². The lowest BCUT2D eigenvalue weighted by Crippen LogP contribution is -2.47. The van der Waals surface area contributed by atoms with Gasteiger partial charge in [0.15, 0.2) is 5.54 Å². The molecule has 1 saturated heterocycles. The van der Waals surface area contributed by atoms with Crippen molar-refractivity contribution in [3.05, 3.63) is 33.9 Å². The average molecular weight is 277 g/mol. The van der Waals surface area contributed by atoms with Crippen molar-refractivity contribution in [3.8, 4) is 6.07 Å². The van der Waals surface area contributed by atoms with Crippen molar-refractivity contribution in [2.75, 3.05) is 18.5 Å². The Kier molecular flexibility index (Phi) is 3.54. The Labute approximate surface area is 113 Å². The first-order valence-electron chi connectivity index (χ1n) is 5.76. The maximum Gasteiger partial charge on any atom is 0.331 e. The second kappa shape index (κ2) is 5.14. The zero-order valence-electron chi connectivity index (χ0n) is 10.3. The van der Waals surface area contributed by atoms with Crippen molar-refractivity contribution in [2.24, 2.45) is 0 Å². The number of hydrogen-bond donors (Lipinski definition) is 2. The standard InChI is InChI=1S/C12H11N3O5/c13-6-8-1-2-10(15(18)19)9(5-8)14-12(11(16)17)3-4-20-7-12/h1-2,5,14H,3-4,7H2,(H,16,17). The van der Waals surface area contributed by atoms with E-state index in [2.05, 4.69) is 5.32 Å². The molecular formula is C12H11N3O5. The van der Waals surface area contributed by atoms with E-state index >= 15 is 0 Å². The maximum absolute atomic E-state index is 11.4. The largest absolute Gasteiger partial charge is 0.479 e. The zero-order chi connectivity index (χ0) is 14.8. The van der Waals surface area contributed by atoms with E-state index in [0.29, 0.717) is 0 Å². The number of aliphatic carboxylic acids is 1. The number of hydrogen-bond acceptors (Lipinski definition) is 6. The molecule has 1 fully saturated rings. The van der Waals surface area contributed by atoms with Gasteiger partial charge in [0.2, 0.25) is 0 Å². The van der Waals surface area contributed by atoms with Crippen LogP contribution < -0.4 is 5.32 Å². The van der Waals surface area contributed by atoms with Gasteiger partial charge in [-0.1, -0.05) is 0 Å². The highest BCUT2D eigenvalue weighted by atomic mass is 16.6. The highest BCUT2D eigenvalue weighted by molar-refractivity contribution is 5.85. The number of ether oxygens (including phenoxy) is 1. The number of nitriles is 1. The van der Waals surface area contributed by atoms with Crippen LogP contribution in [0.2, 0.25) is 0 Å². The Morgan fingerprint density at radius 1 is 1.60 bits per heavy atom. The minimum Gasteiger partial charge on any atom is -0.479 e. The van der Waals surface area contributed by atoms with Crippen LogP contribution in [0, 0.1) is 21.4 Å². The fourth-order valence-electron chi connectivity index (χ4n) is 2.01. The number of carbonyl (C=O) groups is 1. The van der Waals surface area contributed by atoms with Gasteiger partial charge in [0.1, 0.15) is 5.69 Å². The van der Waals surface area contributed by atoms with Gasteiger partial charge < -0.3 is 15.2 Å². The summed E-state index contributed by atoms with van der Waals surface area (Å²) in [6.45, 7) is 0.168. The molecule has 1 aromatic carbocycles. The first-order valence-corrected chi connectivity index (χ1v) is 5.76. The normalized spacial score (nSPS) is 21.1. The van der Waals surface area contributed by atoms with Gasteiger partial charge in [0.05, 0.1) is 23.2 Å². The first-order chi connectivity index (χ1) is 9.48. The van der Waals surface area contributed by atoms with E-state index in [1.165, 1.54) is 18.2 Å². The number of nitro groups is 1. The van der Waals surface area contributed by atoms with Crippen LogP contribution in [0.5, 0.6) is 0 Å². The Morgan fingerprint density at radius 3 is 2.85 bits per heavy atom. The highest BCUT2D eigenvalue weighted by Gasteiger charge is 2.43. The molecule has 0 amide bonds. The fraction of sp³-hybridized carbons (Fsp3) is 0.333. The van der Waals surface area contributed by atoms with Gasteiger partial charge >= 0.3 is 5.97 Å². The molecule has 20 heavy (non-hydrogen) atoms. The number of rotatable bonds is 4. The Balaban J connectivity index is 2.43. The van der Waals surface area contributed by atoms with Crippen molar-refractivity contribution in [3.63, 3.8) is 0 Å². The SMILES string of the molecule is N#Cc1ccc([N+](=O)[O-])c(NC2(C(=O)O)CCOC2)c1. The molecule has 1 atom stereocenters. The highest BCUT2D eigenvalue weighted by Crippen LogP contribution is 2.31. The van der Waals surface area contributed by atoms with E-state index in [9.17, 15) is 20.0 Å². The molecule has 8 nitrogen and oxygen atoms in total. The maximum atomic E-state index is 11.4. The summed E-state index contributed by atoms with van der Waals surface area (Å²) in [5.74, 6) is -1.15. The molecule has 8 heteroatoms. The molecular weight excluding hydrogens is 266 g/mol. The molecule has 1 aliphatic heterocycles. The third kappa shape index (κ3) is 2.39. The lowest BCUT2D eigenvalue weighted by Gasteiger charge is -2.24. The topological polar surface area (TPSA) is 125 Å². The van der Waals surface area contributed by atoms with Gasteiger partial charge in [0, 0.05) is 19.1 Å². The molecule has 2 N–H and O–H groups in total. The number of nitro benzene ring substituents is 1. The Hall–Kier alpha value is -2.66. The van der Waals surface area contributed by atoms with Crippen LogP contribution >= 0.6 is 0 Å². The number of carboxylic acids is 1. The monoisotopic (exact) mass is 277 g/mol. The van der Waals surface area contributed by atoms with Crippen LogP contribution in [0.25, 0.3) is 0 Å². The molecule has 2 rings (SSSR count). The van der Waals surface area contributed by atoms with E-state index in [0.717, 1.165) is 0 Å². The molecule has 1 aromatic rings. The van der Waals surface area contributed by atoms with Gasteiger partial charge in [-0.25, -0.2) is 4.79 Å². The molecule has 104 valence electrons. The molecule has 0 radical (unpaired) electrons. The van der Waals surface area contributed by atoms with Crippen molar-refractivity contribution in [2.45, 2.75) is 12.0 Å². The summed E-state index contributed by atoms with van der Waals surface area (Å²) in [6, 6.07) is 5.60. The molecule has 0 spiro atoms. The summed E-state index contributed by atoms with van der Waals surface area (Å²) in [6.07, 6.45) is 0.191. The number of nitrogens with zero attached hydrogens (tertiary/aromatic N) is 2. The van der Waals surface area contributed by atoms with Crippen LogP contribution in [0.4, 0.5) is 11.4 Å². The molecule has 0 saturated carbocycles. The van der Waals surface area contributed by atoms with Crippen molar-refractivity contribution in [1.29, 1.82) is 5.26 Å². The second-order valence-corrected chi connectivity index (χ2v) is 4.42. The third-order valence-corrected chi connectivity index (χ3v) is 3.13. The summed E-state index contributed by atoms with van der Waals surface area (Å²) in [5.41, 5.74) is -1.48. The van der Waals surface area contributed by atoms with E-state index in [1.54, 1.807) is 0 Å². The fourth-order valence-corrected chi connectivity index (χ4v) is 2.01. The molecule has 1 unspecified atom stereocenters. The lowest BCUT2D eigenvalue weighted by molar-refractivity contribution is -0.384. The third-order valence-electron chi connectivity index (χ3n) is 3.13. The summed E-state index contributed by atoms with van der Waals surface area (Å²) in [5, 5.41) is 31.8. The van der Waals surface area contributed by atoms with Crippen molar-refractivity contribution >= 4 is 17.3 Å². The van der Waals surface area contributed by atoms with Gasteiger partial charge in [-0.3, -0.25) is 10.1 Å². The smallest absolute Gasteiger partial charge is 0.331 e. The van der Waals surface area contributed by atoms with Crippen LogP contribution in [-0.2, 0) is 9.53 Å². The van der Waals surface area contributed by atoms with E-state index in [4.69, 9.17) is 10.00 Å². The molecule has 1 aliphatic rings. The summed E-state index contributed by atoms with van der Waals surface area (Å²) in [7, 11) is 0. The number of benzene rings is 1. The molecule has 0 aliphatic carbocycles. The van der Waals surface area contributed by atoms with Crippen LogP contribution in [0.15, 0.2) is 18.2 Å². The minimum atomic E-state index is -1.40. The number of nitrogens with one attached hydrogen (secondary N) is 1. The summed E-state index contributed by atoms with van der Waals surface area (Å²) >= 11 is 0. The zero-order valence-corrected chi connectivity index (χ0v) is 10.3. The Bertz CT molecular complexity index is 602. The predicted octanol–water partition coefficient (Wildman–Crippen LogP) is 1.12. The van der Waals surface area contributed by atoms with Crippen LogP contribution in [-0.4, -0.2) is 34.8 Å². The Morgan fingerprint density at radius 2 is 2.35 bits per heavy atom. The minimum absolute atomic E-state index is 0.00181. The second-order valence-electron chi connectivity index (χ2n) is 4.42. The quantitative estimate of drug-likeness (QED) is 0.623. The van der Waals surface area contributed by atoms with E-state index in [-0.39, 0.29) is 36.6 Å². The average Bonchev–Trinajstić information content (AvgIpc) is 2.88. The summed E-state index contributed by atoms with van der Waals surface area (Å²) < 4.78 is 5.07. The molecule has 0 aromatic heterocycles. The lowest BCUT2D eigenvalue weighted by atomic mass is 9.98. The molecule has 1 heterocycles. The van der Waals surface area contributed by atoms with E-state index < -0.39 is 16.4 Å². The first kappa shape index (κ1) is 13.8. The predicted molar refractivity (Wildman–Crippen MR) is 67.2 cm³/mol. The van der Waals surface area contributed by atoms with Gasteiger partial charge in [-0.15, -0.1) is 0 Å². The van der Waals surface area contributed by atoms with Gasteiger partial charge in [-0.2, -0.15) is 5.26 Å². The number of anilines is 1. The van der Waals surface area contributed by atoms with Crippen molar-refractivity contribution < 1.29 is 19.6 Å². The summed E-state index contributed by atoms with van der Waals surface area (Å²) in [4.78, 5) is 21.7. The number of carboxylic acid groups (broad SMARTS) is 1. The van der Waals surface area contributed by atoms with Gasteiger partial charge in [0.25, 0.3) is 5.69 Å². The van der Waals surface area contributed by atoms with Crippen LogP contribution in [0.3, 0.4) is 0 Å². The van der Waals surface area contributed by atoms with Crippen LogP contribution in [0.1, 0.15) is 12.0 Å². The molecule has 0 bridgehead atoms.